The molecule has 1 N–H and O–H groups in total. The van der Waals surface area contributed by atoms with Gasteiger partial charge in [-0.05, 0) is 45.6 Å². The zero-order valence-corrected chi connectivity index (χ0v) is 17.6. The Morgan fingerprint density at radius 1 is 1.17 bits per heavy atom. The average Bonchev–Trinajstić information content (AvgIpc) is 2.65. The van der Waals surface area contributed by atoms with Crippen molar-refractivity contribution in [1.29, 1.82) is 0 Å². The van der Waals surface area contributed by atoms with Crippen molar-refractivity contribution >= 4 is 18.0 Å². The van der Waals surface area contributed by atoms with Crippen LogP contribution in [-0.2, 0) is 25.7 Å². The molecule has 1 aliphatic heterocycles. The molecule has 160 valence electrons. The highest BCUT2D eigenvalue weighted by atomic mass is 16.6. The predicted octanol–water partition coefficient (Wildman–Crippen LogP) is 3.42. The summed E-state index contributed by atoms with van der Waals surface area (Å²) in [4.78, 5) is 38.3. The third-order valence-corrected chi connectivity index (χ3v) is 4.54. The minimum atomic E-state index is -0.599. The number of amides is 2. The van der Waals surface area contributed by atoms with Crippen LogP contribution < -0.4 is 5.32 Å². The van der Waals surface area contributed by atoms with Crippen LogP contribution in [0.25, 0.3) is 0 Å². The molecule has 1 aliphatic rings. The zero-order valence-electron chi connectivity index (χ0n) is 17.6. The first-order valence-electron chi connectivity index (χ1n) is 10.2. The van der Waals surface area contributed by atoms with Crippen LogP contribution in [0, 0.1) is 0 Å². The highest BCUT2D eigenvalue weighted by Gasteiger charge is 2.24. The van der Waals surface area contributed by atoms with Gasteiger partial charge in [0.2, 0.25) is 5.91 Å². The van der Waals surface area contributed by atoms with Gasteiger partial charge < -0.3 is 19.7 Å². The molecule has 1 saturated heterocycles. The molecule has 1 atom stereocenters. The molecule has 0 saturated carbocycles. The molecule has 29 heavy (non-hydrogen) atoms. The van der Waals surface area contributed by atoms with Crippen molar-refractivity contribution in [3.63, 3.8) is 0 Å². The van der Waals surface area contributed by atoms with Crippen LogP contribution in [0.3, 0.4) is 0 Å². The molecule has 1 fully saturated rings. The molecule has 2 rings (SSSR count). The van der Waals surface area contributed by atoms with Crippen molar-refractivity contribution in [2.75, 3.05) is 13.1 Å². The van der Waals surface area contributed by atoms with E-state index >= 15 is 0 Å². The third kappa shape index (κ3) is 8.98. The van der Waals surface area contributed by atoms with Crippen LogP contribution in [0.1, 0.15) is 58.4 Å². The minimum Gasteiger partial charge on any atom is -0.460 e. The summed E-state index contributed by atoms with van der Waals surface area (Å²) < 4.78 is 10.7. The Kier molecular flexibility index (Phi) is 8.49. The van der Waals surface area contributed by atoms with Crippen LogP contribution in [-0.4, -0.2) is 47.6 Å². The van der Waals surface area contributed by atoms with Crippen molar-refractivity contribution in [1.82, 2.24) is 10.2 Å². The molecule has 1 aromatic rings. The van der Waals surface area contributed by atoms with Crippen LogP contribution in [0.4, 0.5) is 4.79 Å². The summed E-state index contributed by atoms with van der Waals surface area (Å²) in [5.74, 6) is -0.269. The number of nitrogens with one attached hydrogen (secondary N) is 1. The number of piperidine rings is 1. The molecule has 0 spiro atoms. The standard InChI is InChI=1S/C22H32N2O5/c1-22(2,3)29-20(26)15-18(12-14-24-13-8-7-11-19(24)25)23-21(27)28-16-17-9-5-4-6-10-17/h4-6,9-10,18H,7-8,11-16H2,1-3H3,(H,23,27). The van der Waals surface area contributed by atoms with E-state index in [0.29, 0.717) is 19.4 Å². The second kappa shape index (κ2) is 10.8. The monoisotopic (exact) mass is 404 g/mol. The summed E-state index contributed by atoms with van der Waals surface area (Å²) in [6.45, 7) is 6.76. The topological polar surface area (TPSA) is 84.9 Å². The Morgan fingerprint density at radius 3 is 2.55 bits per heavy atom. The largest absolute Gasteiger partial charge is 0.460 e. The maximum atomic E-state index is 12.3. The van der Waals surface area contributed by atoms with Gasteiger partial charge in [0.1, 0.15) is 12.2 Å². The fourth-order valence-electron chi connectivity index (χ4n) is 3.15. The van der Waals surface area contributed by atoms with Crippen LogP contribution in [0.5, 0.6) is 0 Å². The van der Waals surface area contributed by atoms with Gasteiger partial charge in [-0.15, -0.1) is 0 Å². The summed E-state index contributed by atoms with van der Waals surface area (Å²) >= 11 is 0. The Bertz CT molecular complexity index is 684. The lowest BCUT2D eigenvalue weighted by Gasteiger charge is -2.29. The average molecular weight is 405 g/mol. The van der Waals surface area contributed by atoms with Gasteiger partial charge in [-0.3, -0.25) is 9.59 Å². The molecule has 7 heteroatoms. The summed E-state index contributed by atoms with van der Waals surface area (Å²) in [5.41, 5.74) is 0.281. The lowest BCUT2D eigenvalue weighted by molar-refractivity contribution is -0.155. The number of carbonyl (C=O) groups is 3. The molecule has 0 bridgehead atoms. The maximum Gasteiger partial charge on any atom is 0.407 e. The highest BCUT2D eigenvalue weighted by Crippen LogP contribution is 2.14. The molecule has 0 aromatic heterocycles. The number of hydrogen-bond donors (Lipinski definition) is 1. The SMILES string of the molecule is CC(C)(C)OC(=O)CC(CCN1CCCCC1=O)NC(=O)OCc1ccccc1. The number of carbonyl (C=O) groups excluding carboxylic acids is 3. The predicted molar refractivity (Wildman–Crippen MR) is 109 cm³/mol. The number of nitrogens with zero attached hydrogens (tertiary/aromatic N) is 1. The second-order valence-electron chi connectivity index (χ2n) is 8.32. The van der Waals surface area contributed by atoms with E-state index in [2.05, 4.69) is 5.32 Å². The van der Waals surface area contributed by atoms with E-state index in [1.54, 1.807) is 25.7 Å². The number of esters is 1. The normalized spacial score (nSPS) is 15.6. The Labute approximate surface area is 172 Å². The zero-order chi connectivity index (χ0) is 21.3. The van der Waals surface area contributed by atoms with E-state index in [-0.39, 0.29) is 18.9 Å². The molecule has 0 aliphatic carbocycles. The Hall–Kier alpha value is -2.57. The smallest absolute Gasteiger partial charge is 0.407 e. The maximum absolute atomic E-state index is 12.3. The van der Waals surface area contributed by atoms with Crippen molar-refractivity contribution in [2.45, 2.75) is 71.1 Å². The van der Waals surface area contributed by atoms with Crippen molar-refractivity contribution in [2.24, 2.45) is 0 Å². The van der Waals surface area contributed by atoms with Gasteiger partial charge in [0.15, 0.2) is 0 Å². The molecule has 1 unspecified atom stereocenters. The van der Waals surface area contributed by atoms with E-state index in [4.69, 9.17) is 9.47 Å². The lowest BCUT2D eigenvalue weighted by Crippen LogP contribution is -2.42. The van der Waals surface area contributed by atoms with Crippen molar-refractivity contribution in [3.8, 4) is 0 Å². The first-order chi connectivity index (χ1) is 13.7. The summed E-state index contributed by atoms with van der Waals surface area (Å²) in [6, 6.07) is 8.90. The first-order valence-corrected chi connectivity index (χ1v) is 10.2. The number of rotatable bonds is 8. The number of alkyl carbamates (subject to hydrolysis) is 1. The minimum absolute atomic E-state index is 0.0275. The van der Waals surface area contributed by atoms with Gasteiger partial charge in [-0.2, -0.15) is 0 Å². The number of benzene rings is 1. The molecule has 1 aromatic carbocycles. The van der Waals surface area contributed by atoms with Gasteiger partial charge in [-0.1, -0.05) is 30.3 Å². The van der Waals surface area contributed by atoms with E-state index in [0.717, 1.165) is 24.9 Å². The molecule has 1 heterocycles. The summed E-state index contributed by atoms with van der Waals surface area (Å²) in [7, 11) is 0. The molecule has 2 amide bonds. The number of hydrogen-bond acceptors (Lipinski definition) is 5. The van der Waals surface area contributed by atoms with Crippen LogP contribution in [0.15, 0.2) is 30.3 Å². The van der Waals surface area contributed by atoms with Crippen LogP contribution in [0.2, 0.25) is 0 Å². The van der Waals surface area contributed by atoms with Gasteiger partial charge in [0.05, 0.1) is 6.42 Å². The number of ether oxygens (including phenoxy) is 2. The Morgan fingerprint density at radius 2 is 1.90 bits per heavy atom. The van der Waals surface area contributed by atoms with E-state index < -0.39 is 23.7 Å². The van der Waals surface area contributed by atoms with E-state index in [1.165, 1.54) is 0 Å². The van der Waals surface area contributed by atoms with Crippen molar-refractivity contribution < 1.29 is 23.9 Å². The molecule has 7 nitrogen and oxygen atoms in total. The molecular weight excluding hydrogens is 372 g/mol. The lowest BCUT2D eigenvalue weighted by atomic mass is 10.1. The highest BCUT2D eigenvalue weighted by molar-refractivity contribution is 5.77. The first kappa shape index (κ1) is 22.7. The van der Waals surface area contributed by atoms with Crippen LogP contribution >= 0.6 is 0 Å². The third-order valence-electron chi connectivity index (χ3n) is 4.54. The summed E-state index contributed by atoms with van der Waals surface area (Å²) in [6.07, 6.45) is 2.36. The molecular formula is C22H32N2O5. The van der Waals surface area contributed by atoms with Gasteiger partial charge in [0.25, 0.3) is 0 Å². The van der Waals surface area contributed by atoms with Gasteiger partial charge in [0, 0.05) is 25.6 Å². The van der Waals surface area contributed by atoms with Gasteiger partial charge >= 0.3 is 12.1 Å². The summed E-state index contributed by atoms with van der Waals surface area (Å²) in [5, 5.41) is 2.76. The Balaban J connectivity index is 1.90. The number of likely N-dealkylation sites (tertiary alicyclic amines) is 1. The van der Waals surface area contributed by atoms with Gasteiger partial charge in [-0.25, -0.2) is 4.79 Å². The fraction of sp³-hybridized carbons (Fsp3) is 0.591. The second-order valence-corrected chi connectivity index (χ2v) is 8.32. The van der Waals surface area contributed by atoms with E-state index in [9.17, 15) is 14.4 Å². The van der Waals surface area contributed by atoms with E-state index in [1.807, 2.05) is 30.3 Å². The van der Waals surface area contributed by atoms with Crippen molar-refractivity contribution in [3.05, 3.63) is 35.9 Å². The fourth-order valence-corrected chi connectivity index (χ4v) is 3.15. The quantitative estimate of drug-likeness (QED) is 0.671. The molecule has 0 radical (unpaired) electrons.